The normalized spacial score (nSPS) is 13.2. The van der Waals surface area contributed by atoms with Crippen LogP contribution in [0.3, 0.4) is 0 Å². The molecule has 1 nitrogen and oxygen atoms in total. The molecule has 0 saturated heterocycles. The number of hydrogen-bond donors (Lipinski definition) is 0. The smallest absolute Gasteiger partial charge is 0.171 e. The summed E-state index contributed by atoms with van der Waals surface area (Å²) in [5.41, 5.74) is 8.66. The molecule has 0 heterocycles. The third-order valence-electron chi connectivity index (χ3n) is 9.87. The van der Waals surface area contributed by atoms with Gasteiger partial charge in [-0.25, -0.2) is 0 Å². The number of hydrogen-bond acceptors (Lipinski definition) is 1. The van der Waals surface area contributed by atoms with E-state index in [0.717, 1.165) is 46.3 Å². The molecule has 5 aromatic rings. The minimum absolute atomic E-state index is 0.817. The van der Waals surface area contributed by atoms with Crippen molar-refractivity contribution in [3.05, 3.63) is 138 Å². The molecule has 236 valence electrons. The molecule has 1 atom stereocenters. The number of aryl methyl sites for hydroxylation is 1. The lowest BCUT2D eigenvalue weighted by atomic mass is 9.95. The highest BCUT2D eigenvalue weighted by Crippen LogP contribution is 2.50. The van der Waals surface area contributed by atoms with Crippen molar-refractivity contribution in [1.29, 1.82) is 0 Å². The second-order valence-corrected chi connectivity index (χ2v) is 15.7. The van der Waals surface area contributed by atoms with E-state index in [2.05, 4.69) is 110 Å². The Hall–Kier alpha value is -3.67. The van der Waals surface area contributed by atoms with Crippen molar-refractivity contribution in [2.24, 2.45) is 0 Å². The standard InChI is InChI=1S/C44H49OP/c1-2-3-4-5-6-7-8-9-10-11-14-23-36-27-21-33-43(44(36)35-24-15-12-16-25-35)46(45,38-28-17-13-18-29-38)42-32-22-31-40-39-30-20-19-26-37(39)34-41(40)42/h12-13,15-22,24-33H,2-11,14,23,34H2,1H3. The highest BCUT2D eigenvalue weighted by atomic mass is 31.2. The molecule has 1 aliphatic carbocycles. The van der Waals surface area contributed by atoms with Gasteiger partial charge in [0, 0.05) is 15.9 Å². The molecule has 46 heavy (non-hydrogen) atoms. The topological polar surface area (TPSA) is 17.1 Å². The molecule has 0 saturated carbocycles. The summed E-state index contributed by atoms with van der Waals surface area (Å²) in [6, 6.07) is 42.7. The highest BCUT2D eigenvalue weighted by Gasteiger charge is 2.37. The summed E-state index contributed by atoms with van der Waals surface area (Å²) in [5, 5.41) is 2.86. The van der Waals surface area contributed by atoms with Crippen LogP contribution in [0.4, 0.5) is 0 Å². The molecule has 1 unspecified atom stereocenters. The fraction of sp³-hybridized carbons (Fsp3) is 0.318. The third-order valence-corrected chi connectivity index (χ3v) is 13.0. The average Bonchev–Trinajstić information content (AvgIpc) is 3.50. The summed E-state index contributed by atoms with van der Waals surface area (Å²) in [7, 11) is -3.24. The Morgan fingerprint density at radius 3 is 1.80 bits per heavy atom. The van der Waals surface area contributed by atoms with E-state index in [0.29, 0.717) is 0 Å². The van der Waals surface area contributed by atoms with Gasteiger partial charge >= 0.3 is 0 Å². The fourth-order valence-electron chi connectivity index (χ4n) is 7.46. The molecule has 0 radical (unpaired) electrons. The van der Waals surface area contributed by atoms with Crippen LogP contribution in [0.25, 0.3) is 22.3 Å². The van der Waals surface area contributed by atoms with E-state index in [1.54, 1.807) is 0 Å². The Kier molecular flexibility index (Phi) is 11.1. The van der Waals surface area contributed by atoms with Gasteiger partial charge in [-0.2, -0.15) is 0 Å². The maximum atomic E-state index is 16.2. The van der Waals surface area contributed by atoms with Crippen molar-refractivity contribution in [2.75, 3.05) is 0 Å². The molecule has 0 aliphatic heterocycles. The summed E-state index contributed by atoms with van der Waals surface area (Å²) in [4.78, 5) is 0. The molecule has 2 heteroatoms. The summed E-state index contributed by atoms with van der Waals surface area (Å²) in [6.45, 7) is 2.29. The van der Waals surface area contributed by atoms with Crippen LogP contribution >= 0.6 is 7.14 Å². The third kappa shape index (κ3) is 7.01. The number of rotatable bonds is 16. The summed E-state index contributed by atoms with van der Waals surface area (Å²) in [5.74, 6) is 0. The van der Waals surface area contributed by atoms with Crippen LogP contribution < -0.4 is 15.9 Å². The summed E-state index contributed by atoms with van der Waals surface area (Å²) >= 11 is 0. The number of unbranched alkanes of at least 4 members (excludes halogenated alkanes) is 10. The zero-order valence-electron chi connectivity index (χ0n) is 27.6. The van der Waals surface area contributed by atoms with E-state index in [-0.39, 0.29) is 0 Å². The van der Waals surface area contributed by atoms with Crippen LogP contribution in [0.2, 0.25) is 0 Å². The van der Waals surface area contributed by atoms with Crippen molar-refractivity contribution in [1.82, 2.24) is 0 Å². The van der Waals surface area contributed by atoms with Crippen LogP contribution in [0.1, 0.15) is 94.2 Å². The Morgan fingerprint density at radius 2 is 1.09 bits per heavy atom. The first kappa shape index (κ1) is 32.3. The van der Waals surface area contributed by atoms with E-state index in [4.69, 9.17) is 0 Å². The van der Waals surface area contributed by atoms with Crippen molar-refractivity contribution < 1.29 is 4.57 Å². The van der Waals surface area contributed by atoms with Gasteiger partial charge in [-0.05, 0) is 58.2 Å². The summed E-state index contributed by atoms with van der Waals surface area (Å²) < 4.78 is 16.2. The minimum atomic E-state index is -3.24. The molecular weight excluding hydrogens is 575 g/mol. The SMILES string of the molecule is CCCCCCCCCCCCCc1cccc(P(=O)(c2ccccc2)c2cccc3c2Cc2ccccc2-3)c1-c1ccccc1. The molecule has 1 aliphatic rings. The maximum Gasteiger partial charge on any atom is 0.171 e. The first-order valence-corrected chi connectivity index (χ1v) is 19.5. The second kappa shape index (κ2) is 15.8. The van der Waals surface area contributed by atoms with Crippen molar-refractivity contribution >= 4 is 23.1 Å². The first-order valence-electron chi connectivity index (χ1n) is 17.8. The predicted molar refractivity (Wildman–Crippen MR) is 200 cm³/mol. The van der Waals surface area contributed by atoms with Gasteiger partial charge in [-0.3, -0.25) is 0 Å². The van der Waals surface area contributed by atoms with Crippen molar-refractivity contribution in [2.45, 2.75) is 90.4 Å². The Balaban J connectivity index is 1.33. The minimum Gasteiger partial charge on any atom is -0.309 e. The Bertz CT molecular complexity index is 1750. The highest BCUT2D eigenvalue weighted by molar-refractivity contribution is 7.85. The molecule has 0 amide bonds. The molecule has 0 aromatic heterocycles. The number of benzene rings is 5. The van der Waals surface area contributed by atoms with Gasteiger partial charge in [0.05, 0.1) is 0 Å². The monoisotopic (exact) mass is 624 g/mol. The van der Waals surface area contributed by atoms with Gasteiger partial charge in [0.2, 0.25) is 0 Å². The van der Waals surface area contributed by atoms with Gasteiger partial charge in [-0.1, -0.05) is 192 Å². The van der Waals surface area contributed by atoms with Gasteiger partial charge < -0.3 is 4.57 Å². The van der Waals surface area contributed by atoms with Crippen molar-refractivity contribution in [3.8, 4) is 22.3 Å². The maximum absolute atomic E-state index is 16.2. The van der Waals surface area contributed by atoms with Gasteiger partial charge in [0.15, 0.2) is 7.14 Å². The lowest BCUT2D eigenvalue weighted by molar-refractivity contribution is 0.549. The molecule has 0 spiro atoms. The zero-order chi connectivity index (χ0) is 31.6. The predicted octanol–water partition coefficient (Wildman–Crippen LogP) is 11.4. The van der Waals surface area contributed by atoms with Crippen LogP contribution in [0.15, 0.2) is 121 Å². The van der Waals surface area contributed by atoms with E-state index in [1.165, 1.54) is 92.0 Å². The van der Waals surface area contributed by atoms with Gasteiger partial charge in [0.1, 0.15) is 0 Å². The average molecular weight is 625 g/mol. The van der Waals surface area contributed by atoms with E-state index < -0.39 is 7.14 Å². The second-order valence-electron chi connectivity index (χ2n) is 13.0. The lowest BCUT2D eigenvalue weighted by Gasteiger charge is -2.26. The molecule has 5 aromatic carbocycles. The zero-order valence-corrected chi connectivity index (χ0v) is 28.5. The molecule has 0 fully saturated rings. The summed E-state index contributed by atoms with van der Waals surface area (Å²) in [6.07, 6.45) is 16.5. The lowest BCUT2D eigenvalue weighted by Crippen LogP contribution is -2.29. The molecule has 6 rings (SSSR count). The largest absolute Gasteiger partial charge is 0.309 e. The first-order chi connectivity index (χ1) is 22.7. The van der Waals surface area contributed by atoms with Gasteiger partial charge in [0.25, 0.3) is 0 Å². The van der Waals surface area contributed by atoms with E-state index in [1.807, 2.05) is 18.2 Å². The molecule has 0 N–H and O–H groups in total. The Morgan fingerprint density at radius 1 is 0.522 bits per heavy atom. The molecule has 0 bridgehead atoms. The van der Waals surface area contributed by atoms with Crippen LogP contribution in [-0.2, 0) is 17.4 Å². The fourth-order valence-corrected chi connectivity index (χ4v) is 10.6. The van der Waals surface area contributed by atoms with E-state index in [9.17, 15) is 0 Å². The van der Waals surface area contributed by atoms with Crippen LogP contribution in [0, 0.1) is 0 Å². The van der Waals surface area contributed by atoms with Crippen LogP contribution in [-0.4, -0.2) is 0 Å². The quantitative estimate of drug-likeness (QED) is 0.0773. The molecular formula is C44H49OP. The van der Waals surface area contributed by atoms with Gasteiger partial charge in [-0.15, -0.1) is 0 Å². The Labute approximate surface area is 277 Å². The van der Waals surface area contributed by atoms with Crippen molar-refractivity contribution in [3.63, 3.8) is 0 Å². The van der Waals surface area contributed by atoms with E-state index >= 15 is 4.57 Å². The number of fused-ring (bicyclic) bond motifs is 3. The van der Waals surface area contributed by atoms with Crippen LogP contribution in [0.5, 0.6) is 0 Å².